The number of benzene rings is 1. The van der Waals surface area contributed by atoms with Gasteiger partial charge >= 0.3 is 6.09 Å². The lowest BCUT2D eigenvalue weighted by atomic mass is 9.82. The summed E-state index contributed by atoms with van der Waals surface area (Å²) >= 11 is 0. The molecule has 0 heterocycles. The van der Waals surface area contributed by atoms with Crippen LogP contribution in [0.5, 0.6) is 0 Å². The quantitative estimate of drug-likeness (QED) is 0.689. The molecule has 0 radical (unpaired) electrons. The van der Waals surface area contributed by atoms with E-state index in [-0.39, 0.29) is 18.3 Å². The van der Waals surface area contributed by atoms with E-state index >= 15 is 0 Å². The highest BCUT2D eigenvalue weighted by atomic mass is 19.1. The lowest BCUT2D eigenvalue weighted by Gasteiger charge is -2.32. The Morgan fingerprint density at radius 2 is 2.30 bits per heavy atom. The zero-order chi connectivity index (χ0) is 14.6. The fourth-order valence-electron chi connectivity index (χ4n) is 2.42. The van der Waals surface area contributed by atoms with Crippen LogP contribution in [0.4, 0.5) is 9.18 Å². The molecule has 0 aromatic heterocycles. The highest BCUT2D eigenvalue weighted by molar-refractivity contribution is 5.64. The number of hydrogen-bond acceptors (Lipinski definition) is 2. The van der Waals surface area contributed by atoms with Crippen LogP contribution in [0, 0.1) is 17.7 Å². The van der Waals surface area contributed by atoms with Crippen LogP contribution in [0.3, 0.4) is 0 Å². The Labute approximate surface area is 116 Å². The zero-order valence-corrected chi connectivity index (χ0v) is 10.9. The standard InChI is InChI=1S/C15H16FNO3/c16-12-4-1-3-11(9-12)6-8-15(20)7-2-5-13(10-15)17-14(18)19/h1,3-4,9,13,17,20H,2,5,7,10H2,(H,18,19). The number of rotatable bonds is 1. The van der Waals surface area contributed by atoms with Crippen LogP contribution in [0.1, 0.15) is 31.2 Å². The van der Waals surface area contributed by atoms with Gasteiger partial charge in [-0.25, -0.2) is 9.18 Å². The molecule has 1 aliphatic carbocycles. The van der Waals surface area contributed by atoms with E-state index in [9.17, 15) is 14.3 Å². The van der Waals surface area contributed by atoms with Crippen molar-refractivity contribution >= 4 is 6.09 Å². The van der Waals surface area contributed by atoms with Gasteiger partial charge in [0.05, 0.1) is 0 Å². The molecule has 2 unspecified atom stereocenters. The molecule has 1 aromatic rings. The van der Waals surface area contributed by atoms with Crippen LogP contribution in [0.25, 0.3) is 0 Å². The molecule has 0 aliphatic heterocycles. The maximum atomic E-state index is 13.0. The Morgan fingerprint density at radius 3 is 3.00 bits per heavy atom. The second-order valence-electron chi connectivity index (χ2n) is 5.03. The molecule has 4 nitrogen and oxygen atoms in total. The summed E-state index contributed by atoms with van der Waals surface area (Å²) in [5, 5.41) is 21.5. The van der Waals surface area contributed by atoms with Crippen LogP contribution >= 0.6 is 0 Å². The fourth-order valence-corrected chi connectivity index (χ4v) is 2.42. The van der Waals surface area contributed by atoms with Gasteiger partial charge in [-0.05, 0) is 37.5 Å². The van der Waals surface area contributed by atoms with Gasteiger partial charge in [-0.1, -0.05) is 17.9 Å². The van der Waals surface area contributed by atoms with Crippen molar-refractivity contribution in [3.05, 3.63) is 35.6 Å². The van der Waals surface area contributed by atoms with Crippen molar-refractivity contribution in [2.75, 3.05) is 0 Å². The number of aliphatic hydroxyl groups is 1. The van der Waals surface area contributed by atoms with Gasteiger partial charge < -0.3 is 15.5 Å². The number of carbonyl (C=O) groups is 1. The number of halogens is 1. The van der Waals surface area contributed by atoms with Crippen molar-refractivity contribution in [1.29, 1.82) is 0 Å². The smallest absolute Gasteiger partial charge is 0.404 e. The molecule has 0 spiro atoms. The summed E-state index contributed by atoms with van der Waals surface area (Å²) in [6.45, 7) is 0. The minimum absolute atomic E-state index is 0.252. The Morgan fingerprint density at radius 1 is 1.50 bits per heavy atom. The maximum Gasteiger partial charge on any atom is 0.404 e. The van der Waals surface area contributed by atoms with Crippen molar-refractivity contribution in [2.45, 2.75) is 37.3 Å². The van der Waals surface area contributed by atoms with Gasteiger partial charge in [-0.15, -0.1) is 0 Å². The molecule has 5 heteroatoms. The van der Waals surface area contributed by atoms with Crippen LogP contribution in [0.2, 0.25) is 0 Å². The second-order valence-corrected chi connectivity index (χ2v) is 5.03. The molecule has 0 bridgehead atoms. The highest BCUT2D eigenvalue weighted by Gasteiger charge is 2.33. The summed E-state index contributed by atoms with van der Waals surface area (Å²) in [5.41, 5.74) is -0.732. The summed E-state index contributed by atoms with van der Waals surface area (Å²) in [6.07, 6.45) is 1.03. The summed E-state index contributed by atoms with van der Waals surface area (Å²) in [6, 6.07) is 5.54. The van der Waals surface area contributed by atoms with Crippen molar-refractivity contribution in [3.8, 4) is 11.8 Å². The van der Waals surface area contributed by atoms with Gasteiger partial charge in [0, 0.05) is 18.0 Å². The third-order valence-corrected chi connectivity index (χ3v) is 3.32. The molecule has 1 fully saturated rings. The van der Waals surface area contributed by atoms with Gasteiger partial charge in [0.25, 0.3) is 0 Å². The van der Waals surface area contributed by atoms with Crippen molar-refractivity contribution in [1.82, 2.24) is 5.32 Å². The molecule has 20 heavy (non-hydrogen) atoms. The molecule has 1 amide bonds. The normalized spacial score (nSPS) is 25.4. The van der Waals surface area contributed by atoms with Crippen LogP contribution in [0.15, 0.2) is 24.3 Å². The Hall–Kier alpha value is -2.06. The van der Waals surface area contributed by atoms with Crippen molar-refractivity contribution < 1.29 is 19.4 Å². The third-order valence-electron chi connectivity index (χ3n) is 3.32. The predicted molar refractivity (Wildman–Crippen MR) is 71.6 cm³/mol. The molecule has 1 aromatic carbocycles. The van der Waals surface area contributed by atoms with E-state index in [1.54, 1.807) is 12.1 Å². The highest BCUT2D eigenvalue weighted by Crippen LogP contribution is 2.28. The molecular weight excluding hydrogens is 261 g/mol. The number of hydrogen-bond donors (Lipinski definition) is 3. The van der Waals surface area contributed by atoms with Crippen molar-refractivity contribution in [3.63, 3.8) is 0 Å². The minimum atomic E-state index is -1.22. The van der Waals surface area contributed by atoms with E-state index in [0.29, 0.717) is 24.8 Å². The number of nitrogens with one attached hydrogen (secondary N) is 1. The van der Waals surface area contributed by atoms with Gasteiger partial charge in [-0.3, -0.25) is 0 Å². The molecule has 106 valence electrons. The van der Waals surface area contributed by atoms with E-state index < -0.39 is 11.7 Å². The first-order valence-corrected chi connectivity index (χ1v) is 6.47. The third kappa shape index (κ3) is 3.97. The van der Waals surface area contributed by atoms with Crippen molar-refractivity contribution in [2.24, 2.45) is 0 Å². The fraction of sp³-hybridized carbons (Fsp3) is 0.400. The summed E-state index contributed by atoms with van der Waals surface area (Å²) in [4.78, 5) is 10.6. The first-order chi connectivity index (χ1) is 9.47. The average Bonchev–Trinajstić information content (AvgIpc) is 2.36. The monoisotopic (exact) mass is 277 g/mol. The molecule has 1 aliphatic rings. The Balaban J connectivity index is 2.09. The van der Waals surface area contributed by atoms with Crippen LogP contribution < -0.4 is 5.32 Å². The van der Waals surface area contributed by atoms with Crippen LogP contribution in [-0.4, -0.2) is 27.9 Å². The molecule has 2 rings (SSSR count). The molecule has 0 saturated heterocycles. The van der Waals surface area contributed by atoms with Gasteiger partial charge in [0.15, 0.2) is 0 Å². The lowest BCUT2D eigenvalue weighted by molar-refractivity contribution is 0.0470. The first-order valence-electron chi connectivity index (χ1n) is 6.47. The molecule has 2 atom stereocenters. The van der Waals surface area contributed by atoms with Crippen LogP contribution in [-0.2, 0) is 0 Å². The zero-order valence-electron chi connectivity index (χ0n) is 10.9. The van der Waals surface area contributed by atoms with E-state index in [2.05, 4.69) is 17.2 Å². The first kappa shape index (κ1) is 14.4. The number of amides is 1. The SMILES string of the molecule is O=C(O)NC1CCCC(O)(C#Cc2cccc(F)c2)C1. The molecular formula is C15H16FNO3. The summed E-state index contributed by atoms with van der Waals surface area (Å²) < 4.78 is 13.0. The topological polar surface area (TPSA) is 69.6 Å². The average molecular weight is 277 g/mol. The maximum absolute atomic E-state index is 13.0. The van der Waals surface area contributed by atoms with E-state index in [1.165, 1.54) is 12.1 Å². The summed E-state index contributed by atoms with van der Waals surface area (Å²) in [5.74, 6) is 5.13. The Bertz CT molecular complexity index is 564. The Kier molecular flexibility index (Phi) is 4.26. The van der Waals surface area contributed by atoms with Gasteiger partial charge in [0.1, 0.15) is 11.4 Å². The number of carboxylic acid groups (broad SMARTS) is 1. The summed E-state index contributed by atoms with van der Waals surface area (Å²) in [7, 11) is 0. The molecule has 1 saturated carbocycles. The van der Waals surface area contributed by atoms with E-state index in [0.717, 1.165) is 0 Å². The second kappa shape index (κ2) is 5.93. The van der Waals surface area contributed by atoms with Gasteiger partial charge in [-0.2, -0.15) is 0 Å². The minimum Gasteiger partial charge on any atom is -0.465 e. The predicted octanol–water partition coefficient (Wildman–Crippen LogP) is 2.12. The van der Waals surface area contributed by atoms with E-state index in [4.69, 9.17) is 5.11 Å². The largest absolute Gasteiger partial charge is 0.465 e. The molecule has 3 N–H and O–H groups in total. The van der Waals surface area contributed by atoms with Gasteiger partial charge in [0.2, 0.25) is 0 Å². The van der Waals surface area contributed by atoms with E-state index in [1.807, 2.05) is 0 Å². The lowest BCUT2D eigenvalue weighted by Crippen LogP contribution is -2.44.